The van der Waals surface area contributed by atoms with Gasteiger partial charge in [0.2, 0.25) is 0 Å². The summed E-state index contributed by atoms with van der Waals surface area (Å²) < 4.78 is 28.6. The average Bonchev–Trinajstić information content (AvgIpc) is 2.92. The molecule has 2 aromatic heterocycles. The van der Waals surface area contributed by atoms with E-state index in [0.29, 0.717) is 17.0 Å². The zero-order chi connectivity index (χ0) is 17.3. The second-order valence-electron chi connectivity index (χ2n) is 5.64. The third-order valence-corrected chi connectivity index (χ3v) is 3.67. The summed E-state index contributed by atoms with van der Waals surface area (Å²) in [5.74, 6) is -3.15. The Morgan fingerprint density at radius 1 is 1.29 bits per heavy atom. The van der Waals surface area contributed by atoms with Gasteiger partial charge in [0.1, 0.15) is 5.82 Å². The van der Waals surface area contributed by atoms with Gasteiger partial charge in [-0.05, 0) is 19.9 Å². The van der Waals surface area contributed by atoms with Gasteiger partial charge < -0.3 is 10.3 Å². The minimum absolute atomic E-state index is 0.125. The molecule has 0 fully saturated rings. The predicted molar refractivity (Wildman–Crippen MR) is 86.0 cm³/mol. The zero-order valence-corrected chi connectivity index (χ0v) is 13.2. The highest BCUT2D eigenvalue weighted by Gasteiger charge is 2.32. The van der Waals surface area contributed by atoms with E-state index in [4.69, 9.17) is 0 Å². The van der Waals surface area contributed by atoms with Gasteiger partial charge in [-0.15, -0.1) is 0 Å². The van der Waals surface area contributed by atoms with Gasteiger partial charge >= 0.3 is 0 Å². The quantitative estimate of drug-likeness (QED) is 0.772. The normalized spacial score (nSPS) is 11.7. The molecule has 1 amide bonds. The minimum Gasteiger partial charge on any atom is -0.346 e. The number of hydrogen-bond acceptors (Lipinski definition) is 3. The van der Waals surface area contributed by atoms with Crippen molar-refractivity contribution in [2.24, 2.45) is 0 Å². The highest BCUT2D eigenvalue weighted by atomic mass is 19.3. The van der Waals surface area contributed by atoms with Crippen LogP contribution in [0.15, 0.2) is 36.5 Å². The maximum Gasteiger partial charge on any atom is 0.290 e. The summed E-state index contributed by atoms with van der Waals surface area (Å²) in [6.07, 6.45) is 1.43. The third kappa shape index (κ3) is 3.10. The smallest absolute Gasteiger partial charge is 0.290 e. The van der Waals surface area contributed by atoms with Gasteiger partial charge in [0.25, 0.3) is 11.8 Å². The first-order valence-corrected chi connectivity index (χ1v) is 7.41. The second-order valence-corrected chi connectivity index (χ2v) is 5.64. The molecule has 0 radical (unpaired) electrons. The first-order chi connectivity index (χ1) is 11.4. The number of alkyl halides is 2. The van der Waals surface area contributed by atoms with Crippen molar-refractivity contribution in [1.29, 1.82) is 0 Å². The molecule has 2 heterocycles. The summed E-state index contributed by atoms with van der Waals surface area (Å²) in [5, 5.41) is 2.29. The van der Waals surface area contributed by atoms with Crippen molar-refractivity contribution >= 4 is 17.1 Å². The number of nitrogens with one attached hydrogen (secondary N) is 2. The second kappa shape index (κ2) is 5.99. The van der Waals surface area contributed by atoms with Crippen LogP contribution >= 0.6 is 0 Å². The molecule has 24 heavy (non-hydrogen) atoms. The number of carbonyl (C=O) groups is 1. The lowest BCUT2D eigenvalue weighted by atomic mass is 10.1. The number of aromatic amines is 1. The number of aromatic nitrogens is 3. The van der Waals surface area contributed by atoms with Gasteiger partial charge in [-0.25, -0.2) is 9.97 Å². The standard InChI is InChI=1S/C17H16F2N4O/c1-10-4-3-5-12(8-10)17(18,19)9-21-16(24)13-6-7-20-15-14(13)22-11(2)23-15/h3-8H,9H2,1-2H3,(H,21,24)(H,20,22,23). The maximum atomic E-state index is 14.3. The molecule has 7 heteroatoms. The number of carbonyl (C=O) groups excluding carboxylic acids is 1. The summed E-state index contributed by atoms with van der Waals surface area (Å²) in [4.78, 5) is 23.4. The van der Waals surface area contributed by atoms with E-state index in [-0.39, 0.29) is 11.1 Å². The highest BCUT2D eigenvalue weighted by molar-refractivity contribution is 6.04. The van der Waals surface area contributed by atoms with E-state index in [2.05, 4.69) is 20.3 Å². The fourth-order valence-electron chi connectivity index (χ4n) is 2.48. The Kier molecular flexibility index (Phi) is 4.01. The Hall–Kier alpha value is -2.83. The summed E-state index contributed by atoms with van der Waals surface area (Å²) in [6, 6.07) is 7.55. The molecule has 0 saturated heterocycles. The summed E-state index contributed by atoms with van der Waals surface area (Å²) in [5.41, 5.74) is 1.67. The number of H-pyrrole nitrogens is 1. The maximum absolute atomic E-state index is 14.3. The van der Waals surface area contributed by atoms with Crippen molar-refractivity contribution in [2.45, 2.75) is 19.8 Å². The van der Waals surface area contributed by atoms with Crippen LogP contribution in [0.2, 0.25) is 0 Å². The number of imidazole rings is 1. The van der Waals surface area contributed by atoms with E-state index < -0.39 is 18.4 Å². The lowest BCUT2D eigenvalue weighted by Crippen LogP contribution is -2.35. The molecular weight excluding hydrogens is 314 g/mol. The molecule has 3 aromatic rings. The molecule has 0 aliphatic carbocycles. The van der Waals surface area contributed by atoms with Gasteiger partial charge in [-0.3, -0.25) is 4.79 Å². The van der Waals surface area contributed by atoms with E-state index in [1.54, 1.807) is 26.0 Å². The van der Waals surface area contributed by atoms with Gasteiger partial charge in [-0.1, -0.05) is 29.8 Å². The van der Waals surface area contributed by atoms with E-state index in [1.165, 1.54) is 24.4 Å². The molecule has 0 bridgehead atoms. The molecule has 0 aliphatic rings. The largest absolute Gasteiger partial charge is 0.346 e. The van der Waals surface area contributed by atoms with E-state index >= 15 is 0 Å². The van der Waals surface area contributed by atoms with Crippen LogP contribution < -0.4 is 5.32 Å². The molecule has 0 spiro atoms. The number of rotatable bonds is 4. The first-order valence-electron chi connectivity index (χ1n) is 7.41. The van der Waals surface area contributed by atoms with Crippen molar-refractivity contribution < 1.29 is 13.6 Å². The van der Waals surface area contributed by atoms with Crippen LogP contribution in [0.4, 0.5) is 8.78 Å². The number of hydrogen-bond donors (Lipinski definition) is 2. The number of amides is 1. The molecule has 0 atom stereocenters. The Morgan fingerprint density at radius 2 is 2.08 bits per heavy atom. The van der Waals surface area contributed by atoms with Crippen LogP contribution in [-0.2, 0) is 5.92 Å². The molecule has 124 valence electrons. The molecular formula is C17H16F2N4O. The third-order valence-electron chi connectivity index (χ3n) is 3.67. The lowest BCUT2D eigenvalue weighted by molar-refractivity contribution is -0.00251. The Labute approximate surface area is 137 Å². The zero-order valence-electron chi connectivity index (χ0n) is 13.2. The molecule has 5 nitrogen and oxygen atoms in total. The van der Waals surface area contributed by atoms with Crippen LogP contribution in [0.1, 0.15) is 27.3 Å². The number of halogens is 2. The Balaban J connectivity index is 1.79. The van der Waals surface area contributed by atoms with Crippen molar-refractivity contribution in [2.75, 3.05) is 6.54 Å². The summed E-state index contributed by atoms with van der Waals surface area (Å²) in [7, 11) is 0. The van der Waals surface area contributed by atoms with Crippen LogP contribution in [0.25, 0.3) is 11.2 Å². The Bertz CT molecular complexity index is 904. The van der Waals surface area contributed by atoms with Crippen molar-refractivity contribution in [3.63, 3.8) is 0 Å². The highest BCUT2D eigenvalue weighted by Crippen LogP contribution is 2.27. The molecule has 0 saturated carbocycles. The average molecular weight is 330 g/mol. The molecule has 3 rings (SSSR count). The van der Waals surface area contributed by atoms with E-state index in [1.807, 2.05) is 0 Å². The van der Waals surface area contributed by atoms with Crippen LogP contribution in [0.5, 0.6) is 0 Å². The fourth-order valence-corrected chi connectivity index (χ4v) is 2.48. The summed E-state index contributed by atoms with van der Waals surface area (Å²) >= 11 is 0. The van der Waals surface area contributed by atoms with Crippen LogP contribution in [0, 0.1) is 13.8 Å². The fraction of sp³-hybridized carbons (Fsp3) is 0.235. The number of benzene rings is 1. The summed E-state index contributed by atoms with van der Waals surface area (Å²) in [6.45, 7) is 2.69. The van der Waals surface area contributed by atoms with E-state index in [9.17, 15) is 13.6 Å². The first kappa shape index (κ1) is 16.0. The van der Waals surface area contributed by atoms with Gasteiger partial charge in [0, 0.05) is 11.8 Å². The molecule has 1 aromatic carbocycles. The van der Waals surface area contributed by atoms with Gasteiger partial charge in [0.15, 0.2) is 5.65 Å². The molecule has 0 aliphatic heterocycles. The van der Waals surface area contributed by atoms with Crippen molar-refractivity contribution in [1.82, 2.24) is 20.3 Å². The molecule has 0 unspecified atom stereocenters. The van der Waals surface area contributed by atoms with E-state index in [0.717, 1.165) is 5.56 Å². The number of fused-ring (bicyclic) bond motifs is 1. The number of aryl methyl sites for hydroxylation is 2. The lowest BCUT2D eigenvalue weighted by Gasteiger charge is -2.18. The Morgan fingerprint density at radius 3 is 2.83 bits per heavy atom. The van der Waals surface area contributed by atoms with Crippen molar-refractivity contribution in [3.05, 3.63) is 59.0 Å². The van der Waals surface area contributed by atoms with Crippen LogP contribution in [0.3, 0.4) is 0 Å². The predicted octanol–water partition coefficient (Wildman–Crippen LogP) is 3.10. The van der Waals surface area contributed by atoms with Gasteiger partial charge in [-0.2, -0.15) is 8.78 Å². The van der Waals surface area contributed by atoms with Gasteiger partial charge in [0.05, 0.1) is 17.6 Å². The van der Waals surface area contributed by atoms with Crippen LogP contribution in [-0.4, -0.2) is 27.4 Å². The molecule has 2 N–H and O–H groups in total. The SMILES string of the molecule is Cc1cccc(C(F)(F)CNC(=O)c2ccnc3nc(C)[nH]c23)c1. The topological polar surface area (TPSA) is 70.7 Å². The van der Waals surface area contributed by atoms with Crippen molar-refractivity contribution in [3.8, 4) is 0 Å². The minimum atomic E-state index is -3.16. The number of pyridine rings is 1. The number of nitrogens with zero attached hydrogens (tertiary/aromatic N) is 2. The monoisotopic (exact) mass is 330 g/mol.